The lowest BCUT2D eigenvalue weighted by Gasteiger charge is -2.18. The molecule has 0 bridgehead atoms. The zero-order valence-corrected chi connectivity index (χ0v) is 11.6. The number of halogens is 8. The van der Waals surface area contributed by atoms with E-state index in [2.05, 4.69) is 4.74 Å². The highest BCUT2D eigenvalue weighted by Crippen LogP contribution is 2.43. The molecule has 0 heterocycles. The number of rotatable bonds is 3. The molecular formula is C15H8F8O. The van der Waals surface area contributed by atoms with E-state index in [1.54, 1.807) is 0 Å². The third-order valence-electron chi connectivity index (χ3n) is 3.04. The maximum Gasteiger partial charge on any atom is 0.417 e. The van der Waals surface area contributed by atoms with E-state index >= 15 is 0 Å². The SMILES string of the molecule is FC(F)Oc1ccc(-c2ccccc2C(F)(F)F)c(C(F)(F)F)c1. The van der Waals surface area contributed by atoms with Crippen LogP contribution in [0.25, 0.3) is 11.1 Å². The summed E-state index contributed by atoms with van der Waals surface area (Å²) in [6.07, 6.45) is -9.94. The summed E-state index contributed by atoms with van der Waals surface area (Å²) in [5.41, 5.74) is -4.26. The van der Waals surface area contributed by atoms with Crippen molar-refractivity contribution < 1.29 is 39.9 Å². The highest BCUT2D eigenvalue weighted by molar-refractivity contribution is 5.72. The summed E-state index contributed by atoms with van der Waals surface area (Å²) in [5.74, 6) is -0.800. The van der Waals surface area contributed by atoms with Crippen LogP contribution in [0.15, 0.2) is 42.5 Å². The third kappa shape index (κ3) is 3.95. The highest BCUT2D eigenvalue weighted by Gasteiger charge is 2.38. The molecule has 2 aromatic carbocycles. The van der Waals surface area contributed by atoms with Crippen molar-refractivity contribution in [2.45, 2.75) is 19.0 Å². The molecule has 9 heteroatoms. The normalized spacial score (nSPS) is 12.5. The molecule has 24 heavy (non-hydrogen) atoms. The minimum atomic E-state index is -5.06. The lowest BCUT2D eigenvalue weighted by Crippen LogP contribution is -2.12. The summed E-state index contributed by atoms with van der Waals surface area (Å²) in [6, 6.07) is 5.37. The van der Waals surface area contributed by atoms with Crippen molar-refractivity contribution >= 4 is 0 Å². The van der Waals surface area contributed by atoms with E-state index in [1.807, 2.05) is 0 Å². The van der Waals surface area contributed by atoms with Crippen molar-refractivity contribution in [3.05, 3.63) is 53.6 Å². The number of ether oxygens (including phenoxy) is 1. The molecule has 1 nitrogen and oxygen atoms in total. The average molecular weight is 356 g/mol. The van der Waals surface area contributed by atoms with Gasteiger partial charge in [0, 0.05) is 0 Å². The van der Waals surface area contributed by atoms with Crippen LogP contribution in [-0.4, -0.2) is 6.61 Å². The molecule has 0 aliphatic rings. The van der Waals surface area contributed by atoms with Crippen LogP contribution in [0.1, 0.15) is 11.1 Å². The Morgan fingerprint density at radius 3 is 1.79 bits per heavy atom. The van der Waals surface area contributed by atoms with Crippen LogP contribution in [0.4, 0.5) is 35.1 Å². The largest absolute Gasteiger partial charge is 0.435 e. The van der Waals surface area contributed by atoms with Gasteiger partial charge in [-0.1, -0.05) is 24.3 Å². The Kier molecular flexibility index (Phi) is 4.73. The monoisotopic (exact) mass is 356 g/mol. The lowest BCUT2D eigenvalue weighted by molar-refractivity contribution is -0.139. The van der Waals surface area contributed by atoms with E-state index in [0.29, 0.717) is 12.1 Å². The van der Waals surface area contributed by atoms with Gasteiger partial charge < -0.3 is 4.74 Å². The smallest absolute Gasteiger partial charge is 0.417 e. The van der Waals surface area contributed by atoms with Crippen LogP contribution in [0.5, 0.6) is 5.75 Å². The molecule has 0 aliphatic heterocycles. The number of hydrogen-bond acceptors (Lipinski definition) is 1. The summed E-state index contributed by atoms with van der Waals surface area (Å²) in [6.45, 7) is -3.36. The zero-order valence-electron chi connectivity index (χ0n) is 11.6. The highest BCUT2D eigenvalue weighted by atomic mass is 19.4. The fourth-order valence-electron chi connectivity index (χ4n) is 2.13. The maximum atomic E-state index is 13.2. The minimum absolute atomic E-state index is 0.245. The van der Waals surface area contributed by atoms with Crippen molar-refractivity contribution in [3.8, 4) is 16.9 Å². The van der Waals surface area contributed by atoms with E-state index in [9.17, 15) is 35.1 Å². The van der Waals surface area contributed by atoms with Crippen LogP contribution >= 0.6 is 0 Å². The average Bonchev–Trinajstić information content (AvgIpc) is 2.45. The molecule has 0 fully saturated rings. The first kappa shape index (κ1) is 18.0. The third-order valence-corrected chi connectivity index (χ3v) is 3.04. The van der Waals surface area contributed by atoms with Crippen LogP contribution in [-0.2, 0) is 12.4 Å². The molecule has 0 unspecified atom stereocenters. The second-order valence-electron chi connectivity index (χ2n) is 4.63. The fraction of sp³-hybridized carbons (Fsp3) is 0.200. The summed E-state index contributed by atoms with van der Waals surface area (Å²) in [4.78, 5) is 0. The van der Waals surface area contributed by atoms with E-state index in [4.69, 9.17) is 0 Å². The standard InChI is InChI=1S/C15H8F8O/c16-13(17)24-8-5-6-10(12(7-8)15(21,22)23)9-3-1-2-4-11(9)14(18,19)20/h1-7,13H. The Labute approximate surface area is 130 Å². The molecule has 0 amide bonds. The molecule has 0 saturated carbocycles. The van der Waals surface area contributed by atoms with Gasteiger partial charge in [-0.3, -0.25) is 0 Å². The number of alkyl halides is 8. The number of benzene rings is 2. The molecule has 0 atom stereocenters. The molecule has 0 radical (unpaired) electrons. The van der Waals surface area contributed by atoms with E-state index in [0.717, 1.165) is 24.3 Å². The topological polar surface area (TPSA) is 9.23 Å². The molecule has 0 saturated heterocycles. The Morgan fingerprint density at radius 1 is 0.708 bits per heavy atom. The van der Waals surface area contributed by atoms with Gasteiger partial charge >= 0.3 is 19.0 Å². The summed E-state index contributed by atoms with van der Waals surface area (Å²) < 4.78 is 107. The molecule has 0 N–H and O–H groups in total. The Balaban J connectivity index is 2.67. The first-order chi connectivity index (χ1) is 11.0. The summed E-state index contributed by atoms with van der Waals surface area (Å²) in [5, 5.41) is 0. The maximum absolute atomic E-state index is 13.2. The lowest BCUT2D eigenvalue weighted by atomic mass is 9.94. The van der Waals surface area contributed by atoms with Gasteiger partial charge in [0.15, 0.2) is 0 Å². The van der Waals surface area contributed by atoms with Crippen molar-refractivity contribution in [1.82, 2.24) is 0 Å². The van der Waals surface area contributed by atoms with Crippen LogP contribution < -0.4 is 4.74 Å². The first-order valence-corrected chi connectivity index (χ1v) is 6.33. The van der Waals surface area contributed by atoms with Gasteiger partial charge in [-0.25, -0.2) is 0 Å². The van der Waals surface area contributed by atoms with Crippen molar-refractivity contribution in [2.24, 2.45) is 0 Å². The van der Waals surface area contributed by atoms with Crippen molar-refractivity contribution in [3.63, 3.8) is 0 Å². The second-order valence-corrected chi connectivity index (χ2v) is 4.63. The molecular weight excluding hydrogens is 348 g/mol. The van der Waals surface area contributed by atoms with Gasteiger partial charge in [0.25, 0.3) is 0 Å². The van der Waals surface area contributed by atoms with E-state index in [1.165, 1.54) is 0 Å². The predicted molar refractivity (Wildman–Crippen MR) is 68.5 cm³/mol. The quantitative estimate of drug-likeness (QED) is 0.614. The Bertz CT molecular complexity index is 718. The van der Waals surface area contributed by atoms with Crippen molar-refractivity contribution in [2.75, 3.05) is 0 Å². The fourth-order valence-corrected chi connectivity index (χ4v) is 2.13. The summed E-state index contributed by atoms with van der Waals surface area (Å²) >= 11 is 0. The van der Waals surface area contributed by atoms with Gasteiger partial charge in [0.1, 0.15) is 5.75 Å². The van der Waals surface area contributed by atoms with E-state index in [-0.39, 0.29) is 6.07 Å². The molecule has 0 spiro atoms. The molecule has 0 aliphatic carbocycles. The van der Waals surface area contributed by atoms with Crippen LogP contribution in [0.2, 0.25) is 0 Å². The van der Waals surface area contributed by atoms with Gasteiger partial charge in [-0.2, -0.15) is 35.1 Å². The molecule has 2 rings (SSSR count). The number of hydrogen-bond donors (Lipinski definition) is 0. The molecule has 130 valence electrons. The van der Waals surface area contributed by atoms with Crippen LogP contribution in [0, 0.1) is 0 Å². The van der Waals surface area contributed by atoms with Gasteiger partial charge in [-0.05, 0) is 29.3 Å². The second kappa shape index (κ2) is 6.29. The minimum Gasteiger partial charge on any atom is -0.435 e. The van der Waals surface area contributed by atoms with Gasteiger partial charge in [0.2, 0.25) is 0 Å². The molecule has 0 aromatic heterocycles. The first-order valence-electron chi connectivity index (χ1n) is 6.33. The van der Waals surface area contributed by atoms with Gasteiger partial charge in [0.05, 0.1) is 11.1 Å². The Morgan fingerprint density at radius 2 is 1.25 bits per heavy atom. The summed E-state index contributed by atoms with van der Waals surface area (Å²) in [7, 11) is 0. The Hall–Kier alpha value is -2.32. The molecule has 2 aromatic rings. The van der Waals surface area contributed by atoms with E-state index < -0.39 is 47.0 Å². The van der Waals surface area contributed by atoms with Crippen molar-refractivity contribution in [1.29, 1.82) is 0 Å². The van der Waals surface area contributed by atoms with Gasteiger partial charge in [-0.15, -0.1) is 0 Å². The zero-order chi connectivity index (χ0) is 18.1. The van der Waals surface area contributed by atoms with Crippen LogP contribution in [0.3, 0.4) is 0 Å². The predicted octanol–water partition coefficient (Wildman–Crippen LogP) is 5.99.